The molecule has 2 aliphatic heterocycles. The Morgan fingerprint density at radius 2 is 2.22 bits per heavy atom. The highest BCUT2D eigenvalue weighted by Crippen LogP contribution is 2.31. The zero-order valence-corrected chi connectivity index (χ0v) is 10.8. The van der Waals surface area contributed by atoms with Crippen molar-refractivity contribution in [3.63, 3.8) is 0 Å². The van der Waals surface area contributed by atoms with E-state index in [1.165, 1.54) is 5.69 Å². The van der Waals surface area contributed by atoms with Gasteiger partial charge in [-0.05, 0) is 6.42 Å². The second-order valence-corrected chi connectivity index (χ2v) is 5.09. The summed E-state index contributed by atoms with van der Waals surface area (Å²) in [5.41, 5.74) is 1.21. The second-order valence-electron chi connectivity index (χ2n) is 5.09. The molecule has 0 spiro atoms. The lowest BCUT2D eigenvalue weighted by atomic mass is 10.1. The Kier molecular flexibility index (Phi) is 3.09. The predicted octanol–water partition coefficient (Wildman–Crippen LogP) is -0.640. The molecular formula is C12H20N3O3+. The van der Waals surface area contributed by atoms with E-state index in [-0.39, 0.29) is 18.2 Å². The molecule has 100 valence electrons. The SMILES string of the molecule is CCCc1c[n+]([C@H]2COC3C2OC[C@@H]3O)nn1C. The van der Waals surface area contributed by atoms with Gasteiger partial charge in [0.2, 0.25) is 0 Å². The maximum atomic E-state index is 9.72. The number of rotatable bonds is 3. The third-order valence-electron chi connectivity index (χ3n) is 3.78. The molecule has 2 fully saturated rings. The maximum Gasteiger partial charge on any atom is 0.175 e. The molecule has 1 aromatic heterocycles. The minimum atomic E-state index is -0.501. The van der Waals surface area contributed by atoms with E-state index in [1.807, 2.05) is 16.4 Å². The largest absolute Gasteiger partial charge is 0.388 e. The van der Waals surface area contributed by atoms with Gasteiger partial charge in [-0.3, -0.25) is 0 Å². The number of ether oxygens (including phenoxy) is 2. The zero-order valence-electron chi connectivity index (χ0n) is 10.8. The number of hydrogen-bond acceptors (Lipinski definition) is 4. The summed E-state index contributed by atoms with van der Waals surface area (Å²) in [4.78, 5) is 0. The van der Waals surface area contributed by atoms with E-state index in [1.54, 1.807) is 0 Å². The first kappa shape index (κ1) is 12.1. The van der Waals surface area contributed by atoms with Gasteiger partial charge < -0.3 is 14.6 Å². The number of aromatic nitrogens is 3. The van der Waals surface area contributed by atoms with Gasteiger partial charge >= 0.3 is 0 Å². The summed E-state index contributed by atoms with van der Waals surface area (Å²) in [5, 5.41) is 14.2. The van der Waals surface area contributed by atoms with E-state index >= 15 is 0 Å². The maximum absolute atomic E-state index is 9.72. The van der Waals surface area contributed by atoms with Crippen LogP contribution in [0.3, 0.4) is 0 Å². The van der Waals surface area contributed by atoms with Crippen molar-refractivity contribution in [1.29, 1.82) is 0 Å². The molecular weight excluding hydrogens is 234 g/mol. The fraction of sp³-hybridized carbons (Fsp3) is 0.833. The van der Waals surface area contributed by atoms with Crippen LogP contribution >= 0.6 is 0 Å². The lowest BCUT2D eigenvalue weighted by Gasteiger charge is -2.10. The third kappa shape index (κ3) is 1.84. The van der Waals surface area contributed by atoms with Gasteiger partial charge in [0.15, 0.2) is 17.9 Å². The van der Waals surface area contributed by atoms with Gasteiger partial charge in [0.05, 0.1) is 18.4 Å². The second kappa shape index (κ2) is 4.60. The average molecular weight is 254 g/mol. The van der Waals surface area contributed by atoms with Gasteiger partial charge in [-0.15, -0.1) is 9.36 Å². The molecule has 0 aromatic carbocycles. The molecule has 6 heteroatoms. The van der Waals surface area contributed by atoms with Gasteiger partial charge in [-0.1, -0.05) is 6.92 Å². The lowest BCUT2D eigenvalue weighted by molar-refractivity contribution is -0.781. The van der Waals surface area contributed by atoms with Crippen molar-refractivity contribution in [2.75, 3.05) is 13.2 Å². The first-order valence-corrected chi connectivity index (χ1v) is 6.56. The highest BCUT2D eigenvalue weighted by Gasteiger charge is 2.50. The molecule has 0 amide bonds. The summed E-state index contributed by atoms with van der Waals surface area (Å²) in [6, 6.07) is 0.0731. The topological polar surface area (TPSA) is 60.4 Å². The normalized spacial score (nSPS) is 35.1. The Balaban J connectivity index is 1.81. The standard InChI is InChI=1S/C12H20N3O3/c1-3-4-8-5-15(13-14(8)2)9-6-17-12-10(16)7-18-11(9)12/h5,9-12,16H,3-4,6-7H2,1-2H3/q+1/t9-,10-,11?,12?/m0/s1. The first-order chi connectivity index (χ1) is 8.70. The van der Waals surface area contributed by atoms with Crippen molar-refractivity contribution in [2.24, 2.45) is 7.05 Å². The van der Waals surface area contributed by atoms with Crippen LogP contribution in [0.5, 0.6) is 0 Å². The van der Waals surface area contributed by atoms with E-state index < -0.39 is 6.10 Å². The third-order valence-corrected chi connectivity index (χ3v) is 3.78. The summed E-state index contributed by atoms with van der Waals surface area (Å²) in [6.07, 6.45) is 3.41. The van der Waals surface area contributed by atoms with Crippen LogP contribution in [0, 0.1) is 0 Å². The molecule has 1 N–H and O–H groups in total. The highest BCUT2D eigenvalue weighted by molar-refractivity contribution is 4.94. The Hall–Kier alpha value is -0.980. The van der Waals surface area contributed by atoms with Gasteiger partial charge in [-0.2, -0.15) is 0 Å². The first-order valence-electron chi connectivity index (χ1n) is 6.56. The molecule has 4 atom stereocenters. The Morgan fingerprint density at radius 1 is 1.44 bits per heavy atom. The highest BCUT2D eigenvalue weighted by atomic mass is 16.6. The van der Waals surface area contributed by atoms with Crippen LogP contribution in [-0.2, 0) is 22.9 Å². The summed E-state index contributed by atoms with van der Waals surface area (Å²) < 4.78 is 15.1. The number of hydrogen-bond donors (Lipinski definition) is 1. The average Bonchev–Trinajstić information content (AvgIpc) is 2.99. The summed E-state index contributed by atoms with van der Waals surface area (Å²) in [7, 11) is 1.96. The van der Waals surface area contributed by atoms with Gasteiger partial charge in [0.1, 0.15) is 25.4 Å². The van der Waals surface area contributed by atoms with Gasteiger partial charge in [0.25, 0.3) is 0 Å². The van der Waals surface area contributed by atoms with E-state index in [2.05, 4.69) is 18.3 Å². The van der Waals surface area contributed by atoms with E-state index in [0.29, 0.717) is 13.2 Å². The van der Waals surface area contributed by atoms with Crippen molar-refractivity contribution >= 4 is 0 Å². The molecule has 3 rings (SSSR count). The molecule has 2 aliphatic rings. The molecule has 0 aliphatic carbocycles. The van der Waals surface area contributed by atoms with Crippen molar-refractivity contribution in [1.82, 2.24) is 9.90 Å². The molecule has 1 aromatic rings. The fourth-order valence-corrected chi connectivity index (χ4v) is 2.80. The van der Waals surface area contributed by atoms with Crippen LogP contribution in [0.15, 0.2) is 6.20 Å². The van der Waals surface area contributed by atoms with Crippen molar-refractivity contribution in [3.05, 3.63) is 11.9 Å². The number of nitrogens with zero attached hydrogens (tertiary/aromatic N) is 3. The van der Waals surface area contributed by atoms with Crippen molar-refractivity contribution in [2.45, 2.75) is 44.1 Å². The van der Waals surface area contributed by atoms with Crippen LogP contribution < -0.4 is 4.68 Å². The Morgan fingerprint density at radius 3 is 3.00 bits per heavy atom. The van der Waals surface area contributed by atoms with Crippen LogP contribution in [-0.4, -0.2) is 46.5 Å². The molecule has 2 unspecified atom stereocenters. The van der Waals surface area contributed by atoms with Crippen LogP contribution in [0.4, 0.5) is 0 Å². The minimum Gasteiger partial charge on any atom is -0.388 e. The number of aliphatic hydroxyl groups is 1. The minimum absolute atomic E-state index is 0.0731. The Bertz CT molecular complexity index is 434. The molecule has 2 saturated heterocycles. The molecule has 0 radical (unpaired) electrons. The summed E-state index contributed by atoms with van der Waals surface area (Å²) >= 11 is 0. The molecule has 0 saturated carbocycles. The van der Waals surface area contributed by atoms with Crippen LogP contribution in [0.25, 0.3) is 0 Å². The van der Waals surface area contributed by atoms with Crippen LogP contribution in [0.2, 0.25) is 0 Å². The summed E-state index contributed by atoms with van der Waals surface area (Å²) in [6.45, 7) is 3.07. The Labute approximate surface area is 106 Å². The van der Waals surface area contributed by atoms with E-state index in [9.17, 15) is 5.11 Å². The van der Waals surface area contributed by atoms with E-state index in [0.717, 1.165) is 12.8 Å². The predicted molar refractivity (Wildman–Crippen MR) is 61.9 cm³/mol. The number of aryl methyl sites for hydroxylation is 2. The summed E-state index contributed by atoms with van der Waals surface area (Å²) in [5.74, 6) is 0. The fourth-order valence-electron chi connectivity index (χ4n) is 2.80. The molecule has 3 heterocycles. The lowest BCUT2D eigenvalue weighted by Crippen LogP contribution is -2.48. The molecule has 18 heavy (non-hydrogen) atoms. The van der Waals surface area contributed by atoms with E-state index in [4.69, 9.17) is 9.47 Å². The number of aliphatic hydroxyl groups excluding tert-OH is 1. The van der Waals surface area contributed by atoms with Gasteiger partial charge in [0, 0.05) is 6.42 Å². The van der Waals surface area contributed by atoms with Crippen molar-refractivity contribution < 1.29 is 19.3 Å². The van der Waals surface area contributed by atoms with Gasteiger partial charge in [-0.25, -0.2) is 0 Å². The quantitative estimate of drug-likeness (QED) is 0.729. The molecule has 0 bridgehead atoms. The smallest absolute Gasteiger partial charge is 0.175 e. The monoisotopic (exact) mass is 254 g/mol. The number of fused-ring (bicyclic) bond motifs is 1. The van der Waals surface area contributed by atoms with Crippen LogP contribution in [0.1, 0.15) is 25.1 Å². The molecule has 6 nitrogen and oxygen atoms in total. The van der Waals surface area contributed by atoms with Crippen molar-refractivity contribution in [3.8, 4) is 0 Å². The zero-order chi connectivity index (χ0) is 12.7.